The first kappa shape index (κ1) is 26.0. The van der Waals surface area contributed by atoms with Crippen molar-refractivity contribution in [3.63, 3.8) is 0 Å². The van der Waals surface area contributed by atoms with Crippen molar-refractivity contribution < 1.29 is 0 Å². The van der Waals surface area contributed by atoms with Gasteiger partial charge in [0.1, 0.15) is 5.82 Å². The summed E-state index contributed by atoms with van der Waals surface area (Å²) in [7, 11) is 0. The molecule has 0 amide bonds. The number of rotatable bonds is 6. The Morgan fingerprint density at radius 2 is 1.47 bits per heavy atom. The molecule has 3 nitrogen and oxygen atoms in total. The van der Waals surface area contributed by atoms with E-state index in [0.717, 1.165) is 41.9 Å². The van der Waals surface area contributed by atoms with E-state index in [9.17, 15) is 5.26 Å². The van der Waals surface area contributed by atoms with Gasteiger partial charge in [-0.25, -0.2) is 4.98 Å². The number of benzene rings is 3. The zero-order chi connectivity index (χ0) is 27.2. The van der Waals surface area contributed by atoms with Crippen LogP contribution >= 0.6 is 0 Å². The highest BCUT2D eigenvalue weighted by molar-refractivity contribution is 5.79. The molecule has 0 spiro atoms. The van der Waals surface area contributed by atoms with E-state index in [1.165, 1.54) is 39.2 Å². The Hall–Kier alpha value is -3.64. The molecule has 0 unspecified atom stereocenters. The molecule has 0 N–H and O–H groups in total. The number of aromatic nitrogens is 2. The van der Waals surface area contributed by atoms with Crippen molar-refractivity contribution in [2.45, 2.75) is 73.1 Å². The molecule has 38 heavy (non-hydrogen) atoms. The second kappa shape index (κ2) is 9.91. The largest absolute Gasteiger partial charge is 0.291 e. The van der Waals surface area contributed by atoms with Crippen LogP contribution in [0.2, 0.25) is 0 Å². The molecule has 1 aliphatic carbocycles. The summed E-state index contributed by atoms with van der Waals surface area (Å²) in [5.74, 6) is 1.92. The fraction of sp³-hybridized carbons (Fsp3) is 0.371. The number of nitrogens with zero attached hydrogens (tertiary/aromatic N) is 3. The predicted molar refractivity (Wildman–Crippen MR) is 158 cm³/mol. The molecule has 0 fully saturated rings. The van der Waals surface area contributed by atoms with E-state index >= 15 is 0 Å². The first-order valence-electron chi connectivity index (χ1n) is 13.9. The van der Waals surface area contributed by atoms with Crippen molar-refractivity contribution in [1.29, 1.82) is 5.26 Å². The first-order chi connectivity index (χ1) is 18.1. The third-order valence-corrected chi connectivity index (χ3v) is 7.73. The maximum absolute atomic E-state index is 9.96. The molecule has 0 saturated heterocycles. The average molecular weight is 502 g/mol. The lowest BCUT2D eigenvalue weighted by Gasteiger charge is -2.33. The molecule has 3 heteroatoms. The van der Waals surface area contributed by atoms with E-state index in [-0.39, 0.29) is 5.41 Å². The molecular formula is C35H39N3. The van der Waals surface area contributed by atoms with Crippen molar-refractivity contribution in [2.24, 2.45) is 11.8 Å². The van der Waals surface area contributed by atoms with Gasteiger partial charge in [0.05, 0.1) is 28.7 Å². The van der Waals surface area contributed by atoms with Gasteiger partial charge in [0.2, 0.25) is 0 Å². The third-order valence-electron chi connectivity index (χ3n) is 7.73. The molecule has 0 aliphatic heterocycles. The Kier molecular flexibility index (Phi) is 6.78. The van der Waals surface area contributed by atoms with Gasteiger partial charge in [0.15, 0.2) is 0 Å². The van der Waals surface area contributed by atoms with E-state index in [1.807, 2.05) is 0 Å². The fourth-order valence-corrected chi connectivity index (χ4v) is 6.18. The van der Waals surface area contributed by atoms with E-state index in [0.29, 0.717) is 11.8 Å². The van der Waals surface area contributed by atoms with Gasteiger partial charge >= 0.3 is 0 Å². The van der Waals surface area contributed by atoms with Crippen LogP contribution < -0.4 is 0 Å². The van der Waals surface area contributed by atoms with Crippen molar-refractivity contribution in [2.75, 3.05) is 0 Å². The number of hydrogen-bond donors (Lipinski definition) is 0. The standard InChI is InChI=1S/C35H39N3/c1-22(2)16-26-18-25(21-36)19-27(17-23(3)4)32(26)38-33-29-14-10-11-15-30(29)35(6,7)20-31(33)37-34(38)28-13-9-8-12-24(28)5/h8-15,18-19,22-23H,16-17,20H2,1-7H3. The van der Waals surface area contributed by atoms with Gasteiger partial charge in [-0.2, -0.15) is 5.26 Å². The fourth-order valence-electron chi connectivity index (χ4n) is 6.18. The minimum Gasteiger partial charge on any atom is -0.291 e. The molecule has 0 bridgehead atoms. The van der Waals surface area contributed by atoms with Gasteiger partial charge in [-0.05, 0) is 71.4 Å². The second-order valence-electron chi connectivity index (χ2n) is 12.4. The van der Waals surface area contributed by atoms with Crippen molar-refractivity contribution in [3.8, 4) is 34.4 Å². The summed E-state index contributed by atoms with van der Waals surface area (Å²) >= 11 is 0. The number of aryl methyl sites for hydroxylation is 1. The smallest absolute Gasteiger partial charge is 0.145 e. The minimum absolute atomic E-state index is 0.00201. The Morgan fingerprint density at radius 1 is 0.895 bits per heavy atom. The van der Waals surface area contributed by atoms with Crippen LogP contribution in [0.3, 0.4) is 0 Å². The van der Waals surface area contributed by atoms with Gasteiger partial charge in [0.25, 0.3) is 0 Å². The van der Waals surface area contributed by atoms with Crippen LogP contribution in [0.25, 0.3) is 28.3 Å². The lowest BCUT2D eigenvalue weighted by atomic mass is 9.73. The molecule has 194 valence electrons. The van der Waals surface area contributed by atoms with Crippen LogP contribution in [-0.2, 0) is 24.7 Å². The molecule has 1 aromatic heterocycles. The Labute approximate surface area is 228 Å². The van der Waals surface area contributed by atoms with Crippen LogP contribution in [0.15, 0.2) is 60.7 Å². The Bertz CT molecular complexity index is 1510. The summed E-state index contributed by atoms with van der Waals surface area (Å²) in [6, 6.07) is 24.1. The van der Waals surface area contributed by atoms with Crippen LogP contribution in [0, 0.1) is 30.1 Å². The lowest BCUT2D eigenvalue weighted by Crippen LogP contribution is -2.26. The number of hydrogen-bond acceptors (Lipinski definition) is 2. The van der Waals surface area contributed by atoms with Crippen molar-refractivity contribution in [3.05, 3.63) is 94.2 Å². The normalized spacial score (nSPS) is 13.9. The molecule has 5 rings (SSSR count). The maximum Gasteiger partial charge on any atom is 0.145 e. The quantitative estimate of drug-likeness (QED) is 0.265. The van der Waals surface area contributed by atoms with E-state index < -0.39 is 0 Å². The zero-order valence-electron chi connectivity index (χ0n) is 23.9. The van der Waals surface area contributed by atoms with Gasteiger partial charge in [0, 0.05) is 17.5 Å². The highest BCUT2D eigenvalue weighted by atomic mass is 15.1. The van der Waals surface area contributed by atoms with Crippen LogP contribution in [0.4, 0.5) is 0 Å². The van der Waals surface area contributed by atoms with Crippen molar-refractivity contribution in [1.82, 2.24) is 9.55 Å². The van der Waals surface area contributed by atoms with Gasteiger partial charge < -0.3 is 0 Å². The van der Waals surface area contributed by atoms with Crippen LogP contribution in [0.1, 0.15) is 75.1 Å². The average Bonchev–Trinajstić information content (AvgIpc) is 3.21. The van der Waals surface area contributed by atoms with E-state index in [4.69, 9.17) is 4.98 Å². The number of fused-ring (bicyclic) bond motifs is 3. The second-order valence-corrected chi connectivity index (χ2v) is 12.4. The van der Waals surface area contributed by atoms with Gasteiger partial charge in [-0.1, -0.05) is 90.1 Å². The zero-order valence-corrected chi connectivity index (χ0v) is 23.9. The summed E-state index contributed by atoms with van der Waals surface area (Å²) in [6.07, 6.45) is 2.70. The SMILES string of the molecule is Cc1ccccc1-c1nc2c(n1-c1c(CC(C)C)cc(C#N)cc1CC(C)C)-c1ccccc1C(C)(C)C2. The van der Waals surface area contributed by atoms with E-state index in [2.05, 4.69) is 120 Å². The topological polar surface area (TPSA) is 41.6 Å². The highest BCUT2D eigenvalue weighted by Gasteiger charge is 2.36. The first-order valence-corrected chi connectivity index (χ1v) is 13.9. The van der Waals surface area contributed by atoms with Gasteiger partial charge in [-0.3, -0.25) is 4.57 Å². The van der Waals surface area contributed by atoms with Crippen LogP contribution in [-0.4, -0.2) is 9.55 Å². The molecule has 1 aliphatic rings. The molecule has 1 heterocycles. The lowest BCUT2D eigenvalue weighted by molar-refractivity contribution is 0.510. The number of imidazole rings is 1. The summed E-state index contributed by atoms with van der Waals surface area (Å²) < 4.78 is 2.46. The predicted octanol–water partition coefficient (Wildman–Crippen LogP) is 8.62. The molecule has 4 aromatic rings. The monoisotopic (exact) mass is 501 g/mol. The maximum atomic E-state index is 9.96. The number of nitriles is 1. The molecule has 0 radical (unpaired) electrons. The molecule has 0 saturated carbocycles. The van der Waals surface area contributed by atoms with Crippen molar-refractivity contribution >= 4 is 0 Å². The van der Waals surface area contributed by atoms with Crippen LogP contribution in [0.5, 0.6) is 0 Å². The summed E-state index contributed by atoms with van der Waals surface area (Å²) in [4.78, 5) is 5.43. The summed E-state index contributed by atoms with van der Waals surface area (Å²) in [6.45, 7) is 15.9. The third kappa shape index (κ3) is 4.58. The highest BCUT2D eigenvalue weighted by Crippen LogP contribution is 2.47. The summed E-state index contributed by atoms with van der Waals surface area (Å²) in [5.41, 5.74) is 11.8. The Morgan fingerprint density at radius 3 is 2.05 bits per heavy atom. The molecular weight excluding hydrogens is 462 g/mol. The van der Waals surface area contributed by atoms with Gasteiger partial charge in [-0.15, -0.1) is 0 Å². The minimum atomic E-state index is -0.00201. The summed E-state index contributed by atoms with van der Waals surface area (Å²) in [5, 5.41) is 9.96. The molecule has 0 atom stereocenters. The van der Waals surface area contributed by atoms with E-state index in [1.54, 1.807) is 0 Å². The Balaban J connectivity index is 1.95. The molecule has 3 aromatic carbocycles.